The zero-order valence-electron chi connectivity index (χ0n) is 10.0. The minimum Gasteiger partial charge on any atom is -0.395 e. The van der Waals surface area contributed by atoms with E-state index in [9.17, 15) is 4.79 Å². The molecular weight excluding hydrogens is 206 g/mol. The van der Waals surface area contributed by atoms with Gasteiger partial charge in [0.2, 0.25) is 0 Å². The number of likely N-dealkylation sites (tertiary alicyclic amines) is 1. The Kier molecular flexibility index (Phi) is 6.18. The molecule has 0 saturated carbocycles. The smallest absolute Gasteiger partial charge is 0.314 e. The monoisotopic (exact) mass is 229 g/mol. The van der Waals surface area contributed by atoms with Gasteiger partial charge >= 0.3 is 6.03 Å². The number of rotatable bonds is 5. The highest BCUT2D eigenvalue weighted by Gasteiger charge is 2.16. The third kappa shape index (κ3) is 5.32. The minimum absolute atomic E-state index is 0.0115. The van der Waals surface area contributed by atoms with E-state index in [1.807, 2.05) is 0 Å². The summed E-state index contributed by atoms with van der Waals surface area (Å²) in [6.07, 6.45) is 3.52. The predicted octanol–water partition coefficient (Wildman–Crippen LogP) is 0.00980. The van der Waals surface area contributed by atoms with Crippen molar-refractivity contribution in [3.8, 4) is 0 Å². The first-order valence-corrected chi connectivity index (χ1v) is 6.03. The van der Waals surface area contributed by atoms with Crippen molar-refractivity contribution in [3.05, 3.63) is 0 Å². The Labute approximate surface area is 97.2 Å². The maximum atomic E-state index is 11.2. The standard InChI is InChI=1S/C11H23N3O2/c1-14-7-3-10(4-8-14)2-5-12-11(16)13-6-9-15/h10,15H,2-9H2,1H3,(H2,12,13,16). The van der Waals surface area contributed by atoms with Gasteiger partial charge in [0.1, 0.15) is 0 Å². The van der Waals surface area contributed by atoms with Gasteiger partial charge in [-0.1, -0.05) is 0 Å². The molecule has 0 aromatic heterocycles. The highest BCUT2D eigenvalue weighted by atomic mass is 16.3. The number of urea groups is 1. The maximum absolute atomic E-state index is 11.2. The van der Waals surface area contributed by atoms with Crippen LogP contribution in [0.1, 0.15) is 19.3 Å². The van der Waals surface area contributed by atoms with E-state index < -0.39 is 0 Å². The summed E-state index contributed by atoms with van der Waals surface area (Å²) in [5.74, 6) is 0.745. The lowest BCUT2D eigenvalue weighted by Crippen LogP contribution is -2.38. The lowest BCUT2D eigenvalue weighted by atomic mass is 9.94. The SMILES string of the molecule is CN1CCC(CCNC(=O)NCCO)CC1. The number of aliphatic hydroxyl groups is 1. The minimum atomic E-state index is -0.179. The van der Waals surface area contributed by atoms with E-state index in [0.717, 1.165) is 18.9 Å². The average molecular weight is 229 g/mol. The van der Waals surface area contributed by atoms with E-state index in [-0.39, 0.29) is 12.6 Å². The summed E-state index contributed by atoms with van der Waals surface area (Å²) in [6.45, 7) is 3.37. The average Bonchev–Trinajstić information content (AvgIpc) is 2.29. The molecule has 1 saturated heterocycles. The van der Waals surface area contributed by atoms with Gasteiger partial charge in [-0.3, -0.25) is 0 Å². The predicted molar refractivity (Wildman–Crippen MR) is 63.3 cm³/mol. The summed E-state index contributed by atoms with van der Waals surface area (Å²) in [7, 11) is 2.15. The van der Waals surface area contributed by atoms with Gasteiger partial charge in [-0.05, 0) is 45.3 Å². The molecule has 0 bridgehead atoms. The molecule has 0 unspecified atom stereocenters. The molecule has 1 rings (SSSR count). The Hall–Kier alpha value is -0.810. The summed E-state index contributed by atoms with van der Waals surface area (Å²) >= 11 is 0. The molecule has 5 heteroatoms. The summed E-state index contributed by atoms with van der Waals surface area (Å²) < 4.78 is 0. The third-order valence-electron chi connectivity index (χ3n) is 3.07. The van der Waals surface area contributed by atoms with E-state index >= 15 is 0 Å². The number of hydrogen-bond donors (Lipinski definition) is 3. The summed E-state index contributed by atoms with van der Waals surface area (Å²) in [4.78, 5) is 13.5. The van der Waals surface area contributed by atoms with Crippen LogP contribution in [0.25, 0.3) is 0 Å². The van der Waals surface area contributed by atoms with Gasteiger partial charge in [0.25, 0.3) is 0 Å². The Morgan fingerprint density at radius 1 is 1.31 bits per heavy atom. The molecule has 0 aliphatic carbocycles. The van der Waals surface area contributed by atoms with Crippen molar-refractivity contribution in [2.24, 2.45) is 5.92 Å². The summed E-state index contributed by atoms with van der Waals surface area (Å²) in [5, 5.41) is 13.9. The fourth-order valence-corrected chi connectivity index (χ4v) is 1.97. The second-order valence-corrected chi connectivity index (χ2v) is 4.44. The molecule has 0 radical (unpaired) electrons. The van der Waals surface area contributed by atoms with Crippen molar-refractivity contribution in [2.45, 2.75) is 19.3 Å². The molecular formula is C11H23N3O2. The fraction of sp³-hybridized carbons (Fsp3) is 0.909. The molecule has 0 aromatic carbocycles. The zero-order valence-corrected chi connectivity index (χ0v) is 10.0. The molecule has 16 heavy (non-hydrogen) atoms. The van der Waals surface area contributed by atoms with Crippen molar-refractivity contribution >= 4 is 6.03 Å². The van der Waals surface area contributed by atoms with Crippen LogP contribution in [0.2, 0.25) is 0 Å². The van der Waals surface area contributed by atoms with Crippen molar-refractivity contribution in [2.75, 3.05) is 39.8 Å². The number of aliphatic hydroxyl groups excluding tert-OH is 1. The van der Waals surface area contributed by atoms with Crippen LogP contribution in [0.4, 0.5) is 4.79 Å². The van der Waals surface area contributed by atoms with Crippen molar-refractivity contribution < 1.29 is 9.90 Å². The molecule has 1 heterocycles. The van der Waals surface area contributed by atoms with E-state index in [4.69, 9.17) is 5.11 Å². The molecule has 1 aliphatic rings. The van der Waals surface area contributed by atoms with Crippen molar-refractivity contribution in [3.63, 3.8) is 0 Å². The van der Waals surface area contributed by atoms with E-state index in [1.165, 1.54) is 25.9 Å². The number of nitrogens with zero attached hydrogens (tertiary/aromatic N) is 1. The molecule has 3 N–H and O–H groups in total. The highest BCUT2D eigenvalue weighted by molar-refractivity contribution is 5.73. The molecule has 0 atom stereocenters. The molecule has 2 amide bonds. The van der Waals surface area contributed by atoms with Crippen LogP contribution in [0, 0.1) is 5.92 Å². The largest absolute Gasteiger partial charge is 0.395 e. The molecule has 5 nitrogen and oxygen atoms in total. The quantitative estimate of drug-likeness (QED) is 0.622. The van der Waals surface area contributed by atoms with Gasteiger partial charge in [-0.25, -0.2) is 4.79 Å². The highest BCUT2D eigenvalue weighted by Crippen LogP contribution is 2.18. The van der Waals surface area contributed by atoms with Gasteiger partial charge in [0.15, 0.2) is 0 Å². The van der Waals surface area contributed by atoms with Gasteiger partial charge in [-0.2, -0.15) is 0 Å². The maximum Gasteiger partial charge on any atom is 0.314 e. The van der Waals surface area contributed by atoms with Crippen LogP contribution in [-0.2, 0) is 0 Å². The lowest BCUT2D eigenvalue weighted by Gasteiger charge is -2.28. The second-order valence-electron chi connectivity index (χ2n) is 4.44. The molecule has 1 aliphatic heterocycles. The van der Waals surface area contributed by atoms with Crippen LogP contribution in [0.5, 0.6) is 0 Å². The Morgan fingerprint density at radius 2 is 1.94 bits per heavy atom. The van der Waals surface area contributed by atoms with Crippen LogP contribution in [0.3, 0.4) is 0 Å². The first-order valence-electron chi connectivity index (χ1n) is 6.03. The summed E-state index contributed by atoms with van der Waals surface area (Å²) in [6, 6.07) is -0.179. The molecule has 0 aromatic rings. The van der Waals surface area contributed by atoms with Gasteiger partial charge in [-0.15, -0.1) is 0 Å². The van der Waals surface area contributed by atoms with Gasteiger partial charge < -0.3 is 20.6 Å². The zero-order chi connectivity index (χ0) is 11.8. The number of piperidine rings is 1. The first-order chi connectivity index (χ1) is 7.72. The first kappa shape index (κ1) is 13.3. The van der Waals surface area contributed by atoms with Crippen LogP contribution < -0.4 is 10.6 Å². The Balaban J connectivity index is 2.00. The fourth-order valence-electron chi connectivity index (χ4n) is 1.97. The number of nitrogens with one attached hydrogen (secondary N) is 2. The Bertz CT molecular complexity index is 203. The molecule has 94 valence electrons. The third-order valence-corrected chi connectivity index (χ3v) is 3.07. The molecule has 0 spiro atoms. The van der Waals surface area contributed by atoms with Gasteiger partial charge in [0.05, 0.1) is 6.61 Å². The van der Waals surface area contributed by atoms with Crippen LogP contribution in [-0.4, -0.2) is 55.9 Å². The normalized spacial score (nSPS) is 18.4. The second kappa shape index (κ2) is 7.46. The Morgan fingerprint density at radius 3 is 2.56 bits per heavy atom. The van der Waals surface area contributed by atoms with E-state index in [2.05, 4.69) is 22.6 Å². The van der Waals surface area contributed by atoms with Crippen molar-refractivity contribution in [1.82, 2.24) is 15.5 Å². The molecule has 1 fully saturated rings. The van der Waals surface area contributed by atoms with Crippen LogP contribution >= 0.6 is 0 Å². The number of amides is 2. The number of carbonyl (C=O) groups excluding carboxylic acids is 1. The van der Waals surface area contributed by atoms with Gasteiger partial charge in [0, 0.05) is 13.1 Å². The van der Waals surface area contributed by atoms with E-state index in [1.54, 1.807) is 0 Å². The summed E-state index contributed by atoms with van der Waals surface area (Å²) in [5.41, 5.74) is 0. The number of carbonyl (C=O) groups is 1. The lowest BCUT2D eigenvalue weighted by molar-refractivity contribution is 0.209. The van der Waals surface area contributed by atoms with E-state index in [0.29, 0.717) is 6.54 Å². The topological polar surface area (TPSA) is 64.6 Å². The van der Waals surface area contributed by atoms with Crippen molar-refractivity contribution in [1.29, 1.82) is 0 Å². The number of hydrogen-bond acceptors (Lipinski definition) is 3. The van der Waals surface area contributed by atoms with Crippen LogP contribution in [0.15, 0.2) is 0 Å².